The fourth-order valence-electron chi connectivity index (χ4n) is 5.44. The first-order valence-electron chi connectivity index (χ1n) is 8.09. The van der Waals surface area contributed by atoms with Gasteiger partial charge in [-0.1, -0.05) is 0 Å². The maximum atomic E-state index is 11.6. The quantitative estimate of drug-likeness (QED) is 0.439. The van der Waals surface area contributed by atoms with Gasteiger partial charge in [0.1, 0.15) is 0 Å². The molecule has 3 nitrogen and oxygen atoms in total. The van der Waals surface area contributed by atoms with Crippen molar-refractivity contribution in [2.45, 2.75) is 44.9 Å². The third-order valence-corrected chi connectivity index (χ3v) is 6.06. The summed E-state index contributed by atoms with van der Waals surface area (Å²) in [6, 6.07) is 0. The van der Waals surface area contributed by atoms with E-state index in [4.69, 9.17) is 4.74 Å². The predicted molar refractivity (Wildman–Crippen MR) is 85.3 cm³/mol. The Bertz CT molecular complexity index is 394. The maximum Gasteiger partial charge on any atom is 0.331 e. The van der Waals surface area contributed by atoms with Crippen LogP contribution in [-0.2, 0) is 9.53 Å². The van der Waals surface area contributed by atoms with Crippen LogP contribution < -0.4 is 0 Å². The molecule has 0 unspecified atom stereocenters. The fraction of sp³-hybridized carbons (Fsp3) is 0.824. The summed E-state index contributed by atoms with van der Waals surface area (Å²) in [5, 5.41) is 9.50. The lowest BCUT2D eigenvalue weighted by Gasteiger charge is -2.57. The number of carboxylic acid groups (broad SMARTS) is 1. The molecule has 1 N–H and O–H groups in total. The lowest BCUT2D eigenvalue weighted by atomic mass is 9.48. The van der Waals surface area contributed by atoms with Crippen molar-refractivity contribution in [3.8, 4) is 0 Å². The second kappa shape index (κ2) is 6.33. The van der Waals surface area contributed by atoms with E-state index in [2.05, 4.69) is 0 Å². The van der Waals surface area contributed by atoms with Gasteiger partial charge in [-0.3, -0.25) is 0 Å². The zero-order valence-electron chi connectivity index (χ0n) is 12.8. The number of thioether (sulfide) groups is 1. The molecule has 0 aliphatic heterocycles. The van der Waals surface area contributed by atoms with Gasteiger partial charge in [0, 0.05) is 5.57 Å². The maximum absolute atomic E-state index is 11.6. The molecule has 0 heterocycles. The van der Waals surface area contributed by atoms with Gasteiger partial charge in [-0.15, -0.1) is 11.8 Å². The Morgan fingerprint density at radius 2 is 1.81 bits per heavy atom. The molecule has 4 aliphatic rings. The fourth-order valence-corrected chi connectivity index (χ4v) is 5.70. The van der Waals surface area contributed by atoms with E-state index in [9.17, 15) is 9.90 Å². The van der Waals surface area contributed by atoms with E-state index in [1.807, 2.05) is 6.26 Å². The molecule has 21 heavy (non-hydrogen) atoms. The zero-order chi connectivity index (χ0) is 14.9. The summed E-state index contributed by atoms with van der Waals surface area (Å²) >= 11 is 1.62. The van der Waals surface area contributed by atoms with Crippen molar-refractivity contribution in [1.82, 2.24) is 0 Å². The van der Waals surface area contributed by atoms with E-state index < -0.39 is 5.97 Å². The van der Waals surface area contributed by atoms with Crippen LogP contribution in [0.5, 0.6) is 0 Å². The van der Waals surface area contributed by atoms with Crippen LogP contribution in [0.4, 0.5) is 0 Å². The van der Waals surface area contributed by atoms with Crippen LogP contribution in [0.2, 0.25) is 0 Å². The highest BCUT2D eigenvalue weighted by Crippen LogP contribution is 2.61. The molecular formula is C17H26O3S. The average molecular weight is 310 g/mol. The highest BCUT2D eigenvalue weighted by atomic mass is 32.2. The Labute approximate surface area is 131 Å². The van der Waals surface area contributed by atoms with Crippen molar-refractivity contribution in [2.75, 3.05) is 18.8 Å². The Morgan fingerprint density at radius 1 is 1.24 bits per heavy atom. The Balaban J connectivity index is 1.66. The lowest BCUT2D eigenvalue weighted by Crippen LogP contribution is -2.46. The first-order valence-corrected chi connectivity index (χ1v) is 9.48. The monoisotopic (exact) mass is 310 g/mol. The van der Waals surface area contributed by atoms with E-state index in [1.165, 1.54) is 38.5 Å². The van der Waals surface area contributed by atoms with Gasteiger partial charge >= 0.3 is 5.97 Å². The Hall–Kier alpha value is -0.480. The van der Waals surface area contributed by atoms with Gasteiger partial charge in [-0.25, -0.2) is 4.79 Å². The predicted octanol–water partition coefficient (Wildman–Crippen LogP) is 3.94. The van der Waals surface area contributed by atoms with Gasteiger partial charge in [0.15, 0.2) is 0 Å². The molecule has 4 bridgehead atoms. The number of hydrogen-bond donors (Lipinski definition) is 1. The standard InChI is InChI=1S/C17H26O3S/c1-21-11-20-3-2-15(16(18)19)10-17-7-12-4-13(8-17)6-14(5-12)9-17/h2,12-14H,3-11H2,1H3,(H,18,19). The molecule has 0 spiro atoms. The molecule has 4 saturated carbocycles. The van der Waals surface area contributed by atoms with Gasteiger partial charge in [0.05, 0.1) is 12.5 Å². The van der Waals surface area contributed by atoms with Gasteiger partial charge in [-0.2, -0.15) is 0 Å². The minimum Gasteiger partial charge on any atom is -0.478 e. The zero-order valence-corrected chi connectivity index (χ0v) is 13.7. The first-order chi connectivity index (χ1) is 10.1. The molecule has 4 heteroatoms. The average Bonchev–Trinajstić information content (AvgIpc) is 2.40. The minimum absolute atomic E-state index is 0.290. The van der Waals surface area contributed by atoms with E-state index in [0.29, 0.717) is 23.5 Å². The Kier molecular flexibility index (Phi) is 4.65. The number of rotatable bonds is 7. The summed E-state index contributed by atoms with van der Waals surface area (Å²) in [4.78, 5) is 11.6. The van der Waals surface area contributed by atoms with Gasteiger partial charge < -0.3 is 9.84 Å². The van der Waals surface area contributed by atoms with Gasteiger partial charge in [-0.05, 0) is 80.4 Å². The summed E-state index contributed by atoms with van der Waals surface area (Å²) in [7, 11) is 0. The molecule has 0 atom stereocenters. The molecule has 4 rings (SSSR count). The van der Waals surface area contributed by atoms with Crippen LogP contribution in [0.25, 0.3) is 0 Å². The Morgan fingerprint density at radius 3 is 2.29 bits per heavy atom. The van der Waals surface area contributed by atoms with Gasteiger partial charge in [0.25, 0.3) is 0 Å². The van der Waals surface area contributed by atoms with E-state index in [0.717, 1.165) is 24.2 Å². The summed E-state index contributed by atoms with van der Waals surface area (Å²) in [5.74, 6) is 2.50. The first kappa shape index (κ1) is 15.4. The second-order valence-electron chi connectivity index (χ2n) is 7.41. The van der Waals surface area contributed by atoms with E-state index in [-0.39, 0.29) is 0 Å². The van der Waals surface area contributed by atoms with Crippen LogP contribution >= 0.6 is 11.8 Å². The van der Waals surface area contributed by atoms with Crippen LogP contribution in [-0.4, -0.2) is 29.9 Å². The second-order valence-corrected chi connectivity index (χ2v) is 8.22. The van der Waals surface area contributed by atoms with Gasteiger partial charge in [0.2, 0.25) is 0 Å². The third kappa shape index (κ3) is 3.48. The molecule has 0 aromatic rings. The van der Waals surface area contributed by atoms with Crippen molar-refractivity contribution in [3.05, 3.63) is 11.6 Å². The topological polar surface area (TPSA) is 46.5 Å². The van der Waals surface area contributed by atoms with Crippen LogP contribution in [0, 0.1) is 23.2 Å². The molecule has 0 aromatic carbocycles. The third-order valence-electron chi connectivity index (χ3n) is 5.65. The number of hydrogen-bond acceptors (Lipinski definition) is 3. The molecule has 4 fully saturated rings. The number of ether oxygens (including phenoxy) is 1. The highest BCUT2D eigenvalue weighted by Gasteiger charge is 2.51. The minimum atomic E-state index is -0.751. The normalized spacial score (nSPS) is 38.0. The smallest absolute Gasteiger partial charge is 0.331 e. The van der Waals surface area contributed by atoms with Crippen molar-refractivity contribution < 1.29 is 14.6 Å². The molecule has 0 radical (unpaired) electrons. The number of carboxylic acids is 1. The molecule has 0 amide bonds. The van der Waals surface area contributed by atoms with Crippen molar-refractivity contribution in [3.63, 3.8) is 0 Å². The van der Waals surface area contributed by atoms with Crippen LogP contribution in [0.15, 0.2) is 11.6 Å². The molecule has 0 saturated heterocycles. The SMILES string of the molecule is CSCOCC=C(CC12CC3CC(CC(C3)C1)C2)C(=O)O. The highest BCUT2D eigenvalue weighted by molar-refractivity contribution is 7.98. The lowest BCUT2D eigenvalue weighted by molar-refractivity contribution is -0.134. The van der Waals surface area contributed by atoms with Crippen LogP contribution in [0.3, 0.4) is 0 Å². The molecular weight excluding hydrogens is 284 g/mol. The molecule has 0 aromatic heterocycles. The van der Waals surface area contributed by atoms with Crippen molar-refractivity contribution >= 4 is 17.7 Å². The largest absolute Gasteiger partial charge is 0.478 e. The summed E-state index contributed by atoms with van der Waals surface area (Å²) in [5.41, 5.74) is 0.872. The van der Waals surface area contributed by atoms with Crippen LogP contribution in [0.1, 0.15) is 44.9 Å². The van der Waals surface area contributed by atoms with Crippen molar-refractivity contribution in [1.29, 1.82) is 0 Å². The number of aliphatic carboxylic acids is 1. The summed E-state index contributed by atoms with van der Waals surface area (Å²) < 4.78 is 5.41. The van der Waals surface area contributed by atoms with E-state index >= 15 is 0 Å². The summed E-state index contributed by atoms with van der Waals surface area (Å²) in [6.45, 7) is 0.425. The molecule has 4 aliphatic carbocycles. The number of carbonyl (C=O) groups is 1. The van der Waals surface area contributed by atoms with E-state index in [1.54, 1.807) is 17.8 Å². The molecule has 118 valence electrons. The van der Waals surface area contributed by atoms with Crippen molar-refractivity contribution in [2.24, 2.45) is 23.2 Å². The summed E-state index contributed by atoms with van der Waals surface area (Å²) in [6.07, 6.45) is 12.5.